The lowest BCUT2D eigenvalue weighted by atomic mass is 10.0. The van der Waals surface area contributed by atoms with E-state index < -0.39 is 0 Å². The summed E-state index contributed by atoms with van der Waals surface area (Å²) in [6.45, 7) is 2.83. The number of likely N-dealkylation sites (tertiary alicyclic amines) is 1. The van der Waals surface area contributed by atoms with Gasteiger partial charge in [-0.05, 0) is 43.0 Å². The lowest BCUT2D eigenvalue weighted by molar-refractivity contribution is -0.0421. The summed E-state index contributed by atoms with van der Waals surface area (Å²) in [5, 5.41) is 10.5. The van der Waals surface area contributed by atoms with Gasteiger partial charge in [0.1, 0.15) is 12.0 Å². The molecule has 0 aliphatic carbocycles. The number of phenolic OH excluding ortho intramolecular Hbond substituents is 1. The second-order valence-electron chi connectivity index (χ2n) is 6.87. The fourth-order valence-corrected chi connectivity index (χ4v) is 4.11. The average molecular weight is 353 g/mol. The topological polar surface area (TPSA) is 81.4 Å². The largest absolute Gasteiger partial charge is 0.508 e. The first-order valence-electron chi connectivity index (χ1n) is 8.87. The molecule has 3 N–H and O–H groups in total. The molecule has 0 saturated carbocycles. The number of fused-ring (bicyclic) bond motifs is 1. The number of nitrogens with zero attached hydrogens (tertiary/aromatic N) is 1. The predicted molar refractivity (Wildman–Crippen MR) is 100 cm³/mol. The molecule has 0 spiro atoms. The van der Waals surface area contributed by atoms with Gasteiger partial charge in [-0.2, -0.15) is 0 Å². The van der Waals surface area contributed by atoms with E-state index in [0.29, 0.717) is 5.39 Å². The Kier molecular flexibility index (Phi) is 4.30. The fraction of sp³-hybridized carbons (Fsp3) is 0.350. The fourth-order valence-electron chi connectivity index (χ4n) is 4.11. The number of pyridine rings is 1. The van der Waals surface area contributed by atoms with Crippen LogP contribution in [0.2, 0.25) is 0 Å². The Balaban J connectivity index is 1.78. The number of aromatic hydroxyl groups is 1. The van der Waals surface area contributed by atoms with Crippen LogP contribution < -0.4 is 5.56 Å². The van der Waals surface area contributed by atoms with E-state index in [1.165, 1.54) is 0 Å². The summed E-state index contributed by atoms with van der Waals surface area (Å²) in [6.07, 6.45) is 5.29. The summed E-state index contributed by atoms with van der Waals surface area (Å²) in [7, 11) is 1.67. The predicted octanol–water partition coefficient (Wildman–Crippen LogP) is 3.35. The van der Waals surface area contributed by atoms with Crippen LogP contribution in [0, 0.1) is 6.92 Å². The highest BCUT2D eigenvalue weighted by Crippen LogP contribution is 2.40. The number of phenols is 1. The zero-order valence-electron chi connectivity index (χ0n) is 15.0. The number of H-pyrrole nitrogens is 2. The van der Waals surface area contributed by atoms with Gasteiger partial charge in [-0.25, -0.2) is 0 Å². The number of nitrogens with one attached hydrogen (secondary N) is 2. The molecule has 4 rings (SSSR count). The second kappa shape index (κ2) is 6.63. The number of hydrogen-bond donors (Lipinski definition) is 3. The minimum atomic E-state index is -0.332. The molecule has 1 saturated heterocycles. The Morgan fingerprint density at radius 1 is 1.31 bits per heavy atom. The number of ether oxygens (including phenoxy) is 1. The standard InChI is InChI=1S/C20H23N3O3/c1-12-10-22-19(25)17-15(11-21-18(12)17)20(26-2)23-8-4-7-16(23)13-5-3-6-14(24)9-13/h3,5-6,9-11,16,20-21,24H,4,7-8H2,1-2H3,(H,22,25). The van der Waals surface area contributed by atoms with Gasteiger partial charge in [-0.1, -0.05) is 12.1 Å². The van der Waals surface area contributed by atoms with Gasteiger partial charge in [0.25, 0.3) is 5.56 Å². The normalized spacial score (nSPS) is 19.2. The van der Waals surface area contributed by atoms with Crippen molar-refractivity contribution in [1.82, 2.24) is 14.9 Å². The molecule has 1 aliphatic rings. The summed E-state index contributed by atoms with van der Waals surface area (Å²) in [4.78, 5) is 20.8. The third-order valence-corrected chi connectivity index (χ3v) is 5.29. The SMILES string of the molecule is COC(c1c[nH]c2c(C)c[nH]c(=O)c12)N1CCCC1c1cccc(O)c1. The van der Waals surface area contributed by atoms with Crippen molar-refractivity contribution < 1.29 is 9.84 Å². The van der Waals surface area contributed by atoms with Crippen molar-refractivity contribution in [2.75, 3.05) is 13.7 Å². The van der Waals surface area contributed by atoms with Crippen LogP contribution in [-0.2, 0) is 4.74 Å². The van der Waals surface area contributed by atoms with Crippen LogP contribution >= 0.6 is 0 Å². The monoisotopic (exact) mass is 353 g/mol. The van der Waals surface area contributed by atoms with E-state index in [2.05, 4.69) is 14.9 Å². The average Bonchev–Trinajstić information content (AvgIpc) is 3.28. The minimum absolute atomic E-state index is 0.114. The van der Waals surface area contributed by atoms with Gasteiger partial charge in [0.15, 0.2) is 0 Å². The van der Waals surface area contributed by atoms with E-state index in [1.807, 2.05) is 31.3 Å². The van der Waals surface area contributed by atoms with Crippen LogP contribution in [0.1, 0.15) is 41.8 Å². The zero-order chi connectivity index (χ0) is 18.3. The third-order valence-electron chi connectivity index (χ3n) is 5.29. The van der Waals surface area contributed by atoms with E-state index in [0.717, 1.165) is 41.6 Å². The van der Waals surface area contributed by atoms with Crippen molar-refractivity contribution in [3.63, 3.8) is 0 Å². The highest BCUT2D eigenvalue weighted by atomic mass is 16.5. The van der Waals surface area contributed by atoms with Crippen LogP contribution in [0.3, 0.4) is 0 Å². The molecule has 6 nitrogen and oxygen atoms in total. The number of rotatable bonds is 4. The third kappa shape index (κ3) is 2.71. The molecule has 1 aliphatic heterocycles. The quantitative estimate of drug-likeness (QED) is 0.672. The Morgan fingerprint density at radius 3 is 2.92 bits per heavy atom. The Morgan fingerprint density at radius 2 is 2.15 bits per heavy atom. The van der Waals surface area contributed by atoms with E-state index in [1.54, 1.807) is 19.4 Å². The Labute approximate surface area is 151 Å². The van der Waals surface area contributed by atoms with Crippen LogP contribution in [0.25, 0.3) is 10.9 Å². The summed E-state index contributed by atoms with van der Waals surface area (Å²) in [6, 6.07) is 7.52. The summed E-state index contributed by atoms with van der Waals surface area (Å²) < 4.78 is 5.85. The summed E-state index contributed by atoms with van der Waals surface area (Å²) >= 11 is 0. The molecule has 1 aromatic carbocycles. The maximum atomic E-state index is 12.5. The van der Waals surface area contributed by atoms with Gasteiger partial charge in [0.05, 0.1) is 10.9 Å². The lowest BCUT2D eigenvalue weighted by Gasteiger charge is -2.32. The van der Waals surface area contributed by atoms with Gasteiger partial charge in [-0.15, -0.1) is 0 Å². The smallest absolute Gasteiger partial charge is 0.257 e. The van der Waals surface area contributed by atoms with Crippen LogP contribution in [0.15, 0.2) is 41.5 Å². The van der Waals surface area contributed by atoms with Crippen LogP contribution in [0.4, 0.5) is 0 Å². The molecule has 0 amide bonds. The molecule has 2 aromatic heterocycles. The summed E-state index contributed by atoms with van der Waals surface area (Å²) in [5.41, 5.74) is 3.64. The number of aromatic amines is 2. The first-order chi connectivity index (χ1) is 12.6. The lowest BCUT2D eigenvalue weighted by Crippen LogP contribution is -2.30. The summed E-state index contributed by atoms with van der Waals surface area (Å²) in [5.74, 6) is 0.266. The van der Waals surface area contributed by atoms with Crippen molar-refractivity contribution in [1.29, 1.82) is 0 Å². The van der Waals surface area contributed by atoms with E-state index >= 15 is 0 Å². The van der Waals surface area contributed by atoms with Crippen molar-refractivity contribution in [3.05, 3.63) is 63.7 Å². The molecule has 2 unspecified atom stereocenters. The number of methoxy groups -OCH3 is 1. The maximum absolute atomic E-state index is 12.5. The van der Waals surface area contributed by atoms with Gasteiger partial charge in [-0.3, -0.25) is 9.69 Å². The molecule has 26 heavy (non-hydrogen) atoms. The van der Waals surface area contributed by atoms with Crippen LogP contribution in [0.5, 0.6) is 5.75 Å². The number of hydrogen-bond acceptors (Lipinski definition) is 4. The molecule has 6 heteroatoms. The minimum Gasteiger partial charge on any atom is -0.508 e. The van der Waals surface area contributed by atoms with E-state index in [9.17, 15) is 9.90 Å². The number of benzene rings is 1. The van der Waals surface area contributed by atoms with Crippen molar-refractivity contribution in [2.45, 2.75) is 32.0 Å². The molecule has 3 heterocycles. The molecule has 2 atom stereocenters. The highest BCUT2D eigenvalue weighted by molar-refractivity contribution is 5.85. The van der Waals surface area contributed by atoms with E-state index in [4.69, 9.17) is 4.74 Å². The van der Waals surface area contributed by atoms with Gasteiger partial charge in [0, 0.05) is 37.7 Å². The molecular formula is C20H23N3O3. The van der Waals surface area contributed by atoms with Crippen molar-refractivity contribution >= 4 is 10.9 Å². The molecule has 0 radical (unpaired) electrons. The zero-order valence-corrected chi connectivity index (χ0v) is 15.0. The molecular weight excluding hydrogens is 330 g/mol. The second-order valence-corrected chi connectivity index (χ2v) is 6.87. The first kappa shape index (κ1) is 16.9. The van der Waals surface area contributed by atoms with Crippen molar-refractivity contribution in [2.24, 2.45) is 0 Å². The van der Waals surface area contributed by atoms with E-state index in [-0.39, 0.29) is 23.6 Å². The molecule has 0 bridgehead atoms. The molecule has 136 valence electrons. The Hall–Kier alpha value is -2.57. The highest BCUT2D eigenvalue weighted by Gasteiger charge is 2.34. The van der Waals surface area contributed by atoms with Gasteiger partial charge in [0.2, 0.25) is 0 Å². The van der Waals surface area contributed by atoms with Gasteiger partial charge >= 0.3 is 0 Å². The first-order valence-corrected chi connectivity index (χ1v) is 8.87. The van der Waals surface area contributed by atoms with Crippen LogP contribution in [-0.4, -0.2) is 33.6 Å². The molecule has 1 fully saturated rings. The van der Waals surface area contributed by atoms with Crippen molar-refractivity contribution in [3.8, 4) is 5.75 Å². The molecule has 3 aromatic rings. The maximum Gasteiger partial charge on any atom is 0.257 e. The number of aromatic nitrogens is 2. The number of aryl methyl sites for hydroxylation is 1. The Bertz CT molecular complexity index is 991. The van der Waals surface area contributed by atoms with Gasteiger partial charge < -0.3 is 19.8 Å².